The second-order valence-corrected chi connectivity index (χ2v) is 11.6. The number of nitrogens with zero attached hydrogens (tertiary/aromatic N) is 7. The van der Waals surface area contributed by atoms with Crippen molar-refractivity contribution in [1.82, 2.24) is 23.4 Å². The molecule has 0 radical (unpaired) electrons. The highest BCUT2D eigenvalue weighted by Gasteiger charge is 2.40. The highest BCUT2D eigenvalue weighted by atomic mass is 32.2. The molecule has 40 heavy (non-hydrogen) atoms. The number of sulfonamides is 1. The highest BCUT2D eigenvalue weighted by Crippen LogP contribution is 2.36. The van der Waals surface area contributed by atoms with Gasteiger partial charge in [-0.25, -0.2) is 18.4 Å². The van der Waals surface area contributed by atoms with Gasteiger partial charge < -0.3 is 14.0 Å². The van der Waals surface area contributed by atoms with Gasteiger partial charge in [-0.3, -0.25) is 0 Å². The van der Waals surface area contributed by atoms with Gasteiger partial charge in [-0.05, 0) is 41.8 Å². The van der Waals surface area contributed by atoms with Crippen LogP contribution in [0.25, 0.3) is 0 Å². The van der Waals surface area contributed by atoms with Crippen molar-refractivity contribution in [3.05, 3.63) is 95.5 Å². The number of halogens is 3. The van der Waals surface area contributed by atoms with E-state index in [9.17, 15) is 26.9 Å². The molecule has 1 aliphatic heterocycles. The molecule has 1 unspecified atom stereocenters. The summed E-state index contributed by atoms with van der Waals surface area (Å²) in [5.41, 5.74) is 1.75. The van der Waals surface area contributed by atoms with Crippen molar-refractivity contribution >= 4 is 15.7 Å². The van der Waals surface area contributed by atoms with Crippen molar-refractivity contribution in [3.8, 4) is 6.07 Å². The molecule has 0 spiro atoms. The number of imidazole rings is 2. The van der Waals surface area contributed by atoms with E-state index in [1.165, 1.54) is 35.3 Å². The molecule has 1 atom stereocenters. The molecule has 5 rings (SSSR count). The third-order valence-corrected chi connectivity index (χ3v) is 8.80. The fraction of sp³-hybridized carbons (Fsp3) is 0.296. The Kier molecular flexibility index (Phi) is 7.16. The molecule has 0 fully saturated rings. The van der Waals surface area contributed by atoms with Crippen LogP contribution in [0.1, 0.15) is 27.9 Å². The van der Waals surface area contributed by atoms with E-state index in [-0.39, 0.29) is 23.6 Å². The van der Waals surface area contributed by atoms with Crippen molar-refractivity contribution in [2.75, 3.05) is 11.4 Å². The van der Waals surface area contributed by atoms with Crippen molar-refractivity contribution in [3.63, 3.8) is 0 Å². The minimum atomic E-state index is -4.66. The molecular weight excluding hydrogens is 543 g/mol. The zero-order chi connectivity index (χ0) is 28.7. The molecule has 0 saturated carbocycles. The summed E-state index contributed by atoms with van der Waals surface area (Å²) in [4.78, 5) is 10.2. The van der Waals surface area contributed by atoms with Crippen LogP contribution in [0, 0.1) is 11.3 Å². The third-order valence-electron chi connectivity index (χ3n) is 7.02. The number of alkyl halides is 3. The Labute approximate surface area is 229 Å². The Balaban J connectivity index is 1.62. The average molecular weight is 570 g/mol. The zero-order valence-corrected chi connectivity index (χ0v) is 22.6. The number of rotatable bonds is 7. The molecule has 0 amide bonds. The molecule has 1 aliphatic rings. The van der Waals surface area contributed by atoms with E-state index < -0.39 is 34.3 Å². The lowest BCUT2D eigenvalue weighted by molar-refractivity contribution is -0.138. The normalized spacial score (nSPS) is 15.7. The Morgan fingerprint density at radius 2 is 1.93 bits per heavy atom. The van der Waals surface area contributed by atoms with Crippen molar-refractivity contribution in [1.29, 1.82) is 5.26 Å². The van der Waals surface area contributed by atoms with Gasteiger partial charge in [-0.1, -0.05) is 18.2 Å². The summed E-state index contributed by atoms with van der Waals surface area (Å²) in [7, 11) is -0.868. The molecule has 0 aliphatic carbocycles. The Bertz CT molecular complexity index is 1690. The van der Waals surface area contributed by atoms with Gasteiger partial charge in [-0.15, -0.1) is 0 Å². The Hall–Kier alpha value is -4.15. The van der Waals surface area contributed by atoms with Gasteiger partial charge in [0.05, 0.1) is 42.1 Å². The second-order valence-electron chi connectivity index (χ2n) is 9.77. The van der Waals surface area contributed by atoms with Crippen LogP contribution in [0.3, 0.4) is 0 Å². The predicted molar refractivity (Wildman–Crippen MR) is 140 cm³/mol. The SMILES string of the molecule is Cn1cnc(S(=O)(=O)N(Cc2ccccc2C(F)(F)F)C2Cc3cc(C#N)ccc3N(Cc3cncn3C)C2)c1. The molecule has 13 heteroatoms. The van der Waals surface area contributed by atoms with Crippen LogP contribution in [0.15, 0.2) is 72.5 Å². The highest BCUT2D eigenvalue weighted by molar-refractivity contribution is 7.89. The van der Waals surface area contributed by atoms with Gasteiger partial charge in [0, 0.05) is 51.3 Å². The maximum Gasteiger partial charge on any atom is 0.416 e. The van der Waals surface area contributed by atoms with E-state index in [1.54, 1.807) is 31.7 Å². The minimum Gasteiger partial charge on any atom is -0.364 e. The first kappa shape index (κ1) is 27.4. The second kappa shape index (κ2) is 10.4. The summed E-state index contributed by atoms with van der Waals surface area (Å²) in [6.07, 6.45) is 1.56. The molecule has 208 valence electrons. The topological polar surface area (TPSA) is 100 Å². The van der Waals surface area contributed by atoms with Crippen LogP contribution in [-0.2, 0) is 49.8 Å². The third kappa shape index (κ3) is 5.32. The smallest absolute Gasteiger partial charge is 0.364 e. The average Bonchev–Trinajstić information content (AvgIpc) is 3.54. The van der Waals surface area contributed by atoms with Crippen molar-refractivity contribution < 1.29 is 21.6 Å². The summed E-state index contributed by atoms with van der Waals surface area (Å²) >= 11 is 0. The number of aromatic nitrogens is 4. The molecule has 3 heterocycles. The van der Waals surface area contributed by atoms with Gasteiger partial charge >= 0.3 is 6.18 Å². The zero-order valence-electron chi connectivity index (χ0n) is 21.7. The van der Waals surface area contributed by atoms with E-state index in [0.29, 0.717) is 12.1 Å². The summed E-state index contributed by atoms with van der Waals surface area (Å²) in [5, 5.41) is 9.25. The molecular formula is C27H26F3N7O2S. The lowest BCUT2D eigenvalue weighted by Gasteiger charge is -2.40. The maximum absolute atomic E-state index is 14.0. The fourth-order valence-corrected chi connectivity index (χ4v) is 6.59. The molecule has 0 saturated heterocycles. The Morgan fingerprint density at radius 1 is 1.15 bits per heavy atom. The number of fused-ring (bicyclic) bond motifs is 1. The lowest BCUT2D eigenvalue weighted by Crippen LogP contribution is -2.50. The van der Waals surface area contributed by atoms with Crippen LogP contribution in [0.5, 0.6) is 0 Å². The number of hydrogen-bond acceptors (Lipinski definition) is 6. The number of anilines is 1. The summed E-state index contributed by atoms with van der Waals surface area (Å²) < 4.78 is 74.2. The van der Waals surface area contributed by atoms with Crippen LogP contribution >= 0.6 is 0 Å². The van der Waals surface area contributed by atoms with Crippen molar-refractivity contribution in [2.45, 2.75) is 36.8 Å². The molecule has 4 aromatic rings. The van der Waals surface area contributed by atoms with E-state index >= 15 is 0 Å². The van der Waals surface area contributed by atoms with Gasteiger partial charge in [0.2, 0.25) is 0 Å². The molecule has 9 nitrogen and oxygen atoms in total. The van der Waals surface area contributed by atoms with Gasteiger partial charge in [-0.2, -0.15) is 22.7 Å². The lowest BCUT2D eigenvalue weighted by atomic mass is 9.95. The van der Waals surface area contributed by atoms with E-state index in [4.69, 9.17) is 0 Å². The van der Waals surface area contributed by atoms with Gasteiger partial charge in [0.15, 0.2) is 5.03 Å². The quantitative estimate of drug-likeness (QED) is 0.335. The van der Waals surface area contributed by atoms with Crippen LogP contribution in [-0.4, -0.2) is 44.4 Å². The van der Waals surface area contributed by atoms with Gasteiger partial charge in [0.25, 0.3) is 10.0 Å². The summed E-state index contributed by atoms with van der Waals surface area (Å²) in [5.74, 6) is 0. The van der Waals surface area contributed by atoms with Crippen LogP contribution in [0.2, 0.25) is 0 Å². The maximum atomic E-state index is 14.0. The minimum absolute atomic E-state index is 0.163. The summed E-state index contributed by atoms with van der Waals surface area (Å²) in [6, 6.07) is 11.5. The first-order valence-corrected chi connectivity index (χ1v) is 13.8. The van der Waals surface area contributed by atoms with E-state index in [2.05, 4.69) is 16.0 Å². The number of hydrogen-bond donors (Lipinski definition) is 0. The molecule has 0 bridgehead atoms. The monoisotopic (exact) mass is 569 g/mol. The first-order valence-electron chi connectivity index (χ1n) is 12.4. The largest absolute Gasteiger partial charge is 0.416 e. The number of benzene rings is 2. The molecule has 2 aromatic carbocycles. The standard InChI is InChI=1S/C27H26F3N7O2S/c1-34-16-26(33-18-34)40(38,39)37(13-20-5-3-4-6-24(20)27(28,29)30)22-10-21-9-19(11-31)7-8-25(21)36(14-22)15-23-12-32-17-35(23)2/h3-9,12,16-18,22H,10,13-15H2,1-2H3. The number of nitriles is 1. The van der Waals surface area contributed by atoms with Gasteiger partial charge in [0.1, 0.15) is 0 Å². The van der Waals surface area contributed by atoms with Crippen LogP contribution < -0.4 is 4.90 Å². The number of aryl methyl sites for hydroxylation is 2. The summed E-state index contributed by atoms with van der Waals surface area (Å²) in [6.45, 7) is 0.0684. The fourth-order valence-electron chi connectivity index (χ4n) is 5.03. The van der Waals surface area contributed by atoms with E-state index in [0.717, 1.165) is 27.3 Å². The molecule has 2 aromatic heterocycles. The first-order chi connectivity index (χ1) is 19.0. The Morgan fingerprint density at radius 3 is 2.58 bits per heavy atom. The van der Waals surface area contributed by atoms with Crippen LogP contribution in [0.4, 0.5) is 18.9 Å². The predicted octanol–water partition coefficient (Wildman–Crippen LogP) is 3.87. The molecule has 0 N–H and O–H groups in total. The van der Waals surface area contributed by atoms with Crippen molar-refractivity contribution in [2.24, 2.45) is 14.1 Å². The van der Waals surface area contributed by atoms with E-state index in [1.807, 2.05) is 22.6 Å².